The number of rotatable bonds is 2. The van der Waals surface area contributed by atoms with E-state index in [0.29, 0.717) is 36.3 Å². The predicted molar refractivity (Wildman–Crippen MR) is 81.7 cm³/mol. The summed E-state index contributed by atoms with van der Waals surface area (Å²) in [7, 11) is 0. The van der Waals surface area contributed by atoms with Gasteiger partial charge in [0.15, 0.2) is 0 Å². The topological polar surface area (TPSA) is 18.5 Å². The summed E-state index contributed by atoms with van der Waals surface area (Å²) in [5.74, 6) is 1.28. The smallest absolute Gasteiger partial charge is 0.0649 e. The fourth-order valence-corrected chi connectivity index (χ4v) is 5.41. The highest BCUT2D eigenvalue weighted by Crippen LogP contribution is 2.49. The largest absolute Gasteiger partial charge is 0.374 e. The van der Waals surface area contributed by atoms with E-state index in [1.54, 1.807) is 11.1 Å². The zero-order valence-electron chi connectivity index (χ0n) is 12.8. The van der Waals surface area contributed by atoms with Crippen LogP contribution in [0.3, 0.4) is 0 Å². The minimum atomic E-state index is 0.486. The molecule has 4 bridgehead atoms. The molecule has 0 saturated carbocycles. The highest BCUT2D eigenvalue weighted by atomic mass is 16.5. The first-order valence-corrected chi connectivity index (χ1v) is 8.70. The SMILES string of the molecule is Cc1c(C2CC3CCC2O3)cccc1C1CC2CCC1O2. The number of fused-ring (bicyclic) bond motifs is 4. The van der Waals surface area contributed by atoms with Gasteiger partial charge in [-0.15, -0.1) is 0 Å². The van der Waals surface area contributed by atoms with Gasteiger partial charge in [0.25, 0.3) is 0 Å². The summed E-state index contributed by atoms with van der Waals surface area (Å²) in [6.07, 6.45) is 9.60. The van der Waals surface area contributed by atoms with Crippen LogP contribution >= 0.6 is 0 Å². The molecule has 2 nitrogen and oxygen atoms in total. The number of hydrogen-bond acceptors (Lipinski definition) is 2. The maximum Gasteiger partial charge on any atom is 0.0649 e. The number of hydrogen-bond donors (Lipinski definition) is 0. The minimum absolute atomic E-state index is 0.486. The standard InChI is InChI=1S/C19H24O2/c1-11-14(16-9-12-5-7-18(16)20-12)3-2-4-15(11)17-10-13-6-8-19(17)21-13/h2-4,12-13,16-19H,5-10H2,1H3. The van der Waals surface area contributed by atoms with E-state index in [2.05, 4.69) is 25.1 Å². The molecule has 4 heterocycles. The van der Waals surface area contributed by atoms with Crippen LogP contribution < -0.4 is 0 Å². The molecule has 1 aromatic carbocycles. The first-order chi connectivity index (χ1) is 10.3. The van der Waals surface area contributed by atoms with Gasteiger partial charge in [0, 0.05) is 11.8 Å². The van der Waals surface area contributed by atoms with Crippen molar-refractivity contribution in [3.63, 3.8) is 0 Å². The van der Waals surface area contributed by atoms with Crippen molar-refractivity contribution >= 4 is 0 Å². The van der Waals surface area contributed by atoms with Gasteiger partial charge in [-0.05, 0) is 62.1 Å². The highest BCUT2D eigenvalue weighted by molar-refractivity contribution is 5.41. The van der Waals surface area contributed by atoms with Gasteiger partial charge in [-0.2, -0.15) is 0 Å². The van der Waals surface area contributed by atoms with Crippen LogP contribution in [0, 0.1) is 6.92 Å². The Morgan fingerprint density at radius 2 is 1.33 bits per heavy atom. The van der Waals surface area contributed by atoms with Gasteiger partial charge in [0.1, 0.15) is 0 Å². The maximum atomic E-state index is 6.08. The Labute approximate surface area is 126 Å². The van der Waals surface area contributed by atoms with Crippen molar-refractivity contribution < 1.29 is 9.47 Å². The molecule has 1 aromatic rings. The summed E-state index contributed by atoms with van der Waals surface area (Å²) in [5, 5.41) is 0. The van der Waals surface area contributed by atoms with Gasteiger partial charge < -0.3 is 9.47 Å². The van der Waals surface area contributed by atoms with Crippen LogP contribution in [0.2, 0.25) is 0 Å². The molecule has 6 atom stereocenters. The molecule has 0 aliphatic carbocycles. The molecule has 0 N–H and O–H groups in total. The molecule has 4 aliphatic rings. The number of ether oxygens (including phenoxy) is 2. The predicted octanol–water partition coefficient (Wildman–Crippen LogP) is 4.06. The second-order valence-electron chi connectivity index (χ2n) is 7.49. The van der Waals surface area contributed by atoms with E-state index in [-0.39, 0.29) is 0 Å². The van der Waals surface area contributed by atoms with Gasteiger partial charge in [0.2, 0.25) is 0 Å². The molecule has 2 heteroatoms. The van der Waals surface area contributed by atoms with Crippen molar-refractivity contribution in [2.24, 2.45) is 0 Å². The molecule has 4 fully saturated rings. The molecule has 21 heavy (non-hydrogen) atoms. The molecular weight excluding hydrogens is 260 g/mol. The first kappa shape index (κ1) is 12.7. The quantitative estimate of drug-likeness (QED) is 0.815. The Balaban J connectivity index is 1.49. The summed E-state index contributed by atoms with van der Waals surface area (Å²) < 4.78 is 12.2. The average molecular weight is 284 g/mol. The molecular formula is C19H24O2. The maximum absolute atomic E-state index is 6.08. The van der Waals surface area contributed by atoms with Gasteiger partial charge in [0.05, 0.1) is 24.4 Å². The Hall–Kier alpha value is -0.860. The average Bonchev–Trinajstić information content (AvgIpc) is 3.27. The Kier molecular flexibility index (Phi) is 2.75. The van der Waals surface area contributed by atoms with E-state index in [1.807, 2.05) is 0 Å². The van der Waals surface area contributed by atoms with E-state index in [0.717, 1.165) is 0 Å². The molecule has 0 aromatic heterocycles. The summed E-state index contributed by atoms with van der Waals surface area (Å²) in [6, 6.07) is 6.97. The van der Waals surface area contributed by atoms with Crippen LogP contribution in [0.5, 0.6) is 0 Å². The summed E-state index contributed by atoms with van der Waals surface area (Å²) >= 11 is 0. The lowest BCUT2D eigenvalue weighted by atomic mass is 9.77. The summed E-state index contributed by atoms with van der Waals surface area (Å²) in [5.41, 5.74) is 4.64. The van der Waals surface area contributed by atoms with Crippen molar-refractivity contribution in [2.75, 3.05) is 0 Å². The molecule has 4 aliphatic heterocycles. The van der Waals surface area contributed by atoms with Crippen molar-refractivity contribution in [1.82, 2.24) is 0 Å². The summed E-state index contributed by atoms with van der Waals surface area (Å²) in [6.45, 7) is 2.34. The lowest BCUT2D eigenvalue weighted by molar-refractivity contribution is 0.100. The van der Waals surface area contributed by atoms with Gasteiger partial charge in [-0.3, -0.25) is 0 Å². The number of benzene rings is 1. The van der Waals surface area contributed by atoms with Crippen molar-refractivity contribution in [1.29, 1.82) is 0 Å². The van der Waals surface area contributed by atoms with Gasteiger partial charge >= 0.3 is 0 Å². The van der Waals surface area contributed by atoms with Crippen LogP contribution in [0.4, 0.5) is 0 Å². The van der Waals surface area contributed by atoms with Crippen LogP contribution in [-0.2, 0) is 9.47 Å². The van der Waals surface area contributed by atoms with E-state index < -0.39 is 0 Å². The Morgan fingerprint density at radius 3 is 1.71 bits per heavy atom. The van der Waals surface area contributed by atoms with Crippen LogP contribution in [0.25, 0.3) is 0 Å². The van der Waals surface area contributed by atoms with Crippen molar-refractivity contribution in [2.45, 2.75) is 81.7 Å². The van der Waals surface area contributed by atoms with E-state index in [4.69, 9.17) is 9.47 Å². The molecule has 0 radical (unpaired) electrons. The second kappa shape index (κ2) is 4.57. The fourth-order valence-electron chi connectivity index (χ4n) is 5.41. The van der Waals surface area contributed by atoms with Crippen LogP contribution in [-0.4, -0.2) is 24.4 Å². The monoisotopic (exact) mass is 284 g/mol. The van der Waals surface area contributed by atoms with Crippen LogP contribution in [0.15, 0.2) is 18.2 Å². The Morgan fingerprint density at radius 1 is 0.810 bits per heavy atom. The molecule has 0 spiro atoms. The lowest BCUT2D eigenvalue weighted by Gasteiger charge is -2.26. The summed E-state index contributed by atoms with van der Waals surface area (Å²) in [4.78, 5) is 0. The van der Waals surface area contributed by atoms with Crippen LogP contribution in [0.1, 0.15) is 67.1 Å². The zero-order valence-corrected chi connectivity index (χ0v) is 12.8. The fraction of sp³-hybridized carbons (Fsp3) is 0.684. The third kappa shape index (κ3) is 1.85. The molecule has 6 unspecified atom stereocenters. The minimum Gasteiger partial charge on any atom is -0.374 e. The van der Waals surface area contributed by atoms with E-state index in [9.17, 15) is 0 Å². The van der Waals surface area contributed by atoms with Crippen molar-refractivity contribution in [3.8, 4) is 0 Å². The van der Waals surface area contributed by atoms with Crippen molar-refractivity contribution in [3.05, 3.63) is 34.9 Å². The van der Waals surface area contributed by atoms with Gasteiger partial charge in [-0.1, -0.05) is 18.2 Å². The van der Waals surface area contributed by atoms with Gasteiger partial charge in [-0.25, -0.2) is 0 Å². The lowest BCUT2D eigenvalue weighted by Crippen LogP contribution is -2.19. The highest BCUT2D eigenvalue weighted by Gasteiger charge is 2.44. The first-order valence-electron chi connectivity index (χ1n) is 8.70. The van der Waals surface area contributed by atoms with E-state index >= 15 is 0 Å². The Bertz CT molecular complexity index is 520. The molecule has 0 amide bonds. The van der Waals surface area contributed by atoms with E-state index in [1.165, 1.54) is 44.1 Å². The zero-order chi connectivity index (χ0) is 14.0. The normalized spacial score (nSPS) is 43.9. The molecule has 112 valence electrons. The second-order valence-corrected chi connectivity index (χ2v) is 7.49. The third-order valence-corrected chi connectivity index (χ3v) is 6.43. The molecule has 5 rings (SSSR count). The third-order valence-electron chi connectivity index (χ3n) is 6.43. The molecule has 4 saturated heterocycles.